The molecule has 2 rings (SSSR count). The van der Waals surface area contributed by atoms with E-state index >= 15 is 0 Å². The van der Waals surface area contributed by atoms with Crippen molar-refractivity contribution in [2.24, 2.45) is 5.73 Å². The van der Waals surface area contributed by atoms with Crippen molar-refractivity contribution in [2.45, 2.75) is 31.7 Å². The molecule has 1 heterocycles. The third kappa shape index (κ3) is 5.80. The van der Waals surface area contributed by atoms with Gasteiger partial charge in [-0.25, -0.2) is 4.79 Å². The summed E-state index contributed by atoms with van der Waals surface area (Å²) >= 11 is 0. The average molecular weight is 377 g/mol. The van der Waals surface area contributed by atoms with Crippen LogP contribution in [0.2, 0.25) is 0 Å². The summed E-state index contributed by atoms with van der Waals surface area (Å²) in [5, 5.41) is 13.9. The van der Waals surface area contributed by atoms with E-state index in [0.717, 1.165) is 0 Å². The number of rotatable bonds is 9. The number of ether oxygens (including phenoxy) is 1. The van der Waals surface area contributed by atoms with Gasteiger partial charge in [-0.2, -0.15) is 0 Å². The zero-order valence-corrected chi connectivity index (χ0v) is 14.3. The molecule has 1 aliphatic rings. The van der Waals surface area contributed by atoms with Crippen LogP contribution in [0.3, 0.4) is 0 Å². The SMILES string of the molecule is NC(=O)CCC(NC(=O)CCC(=O)c1ccc2c(c1)NC(=O)CO2)C(=O)O. The van der Waals surface area contributed by atoms with Gasteiger partial charge in [0.15, 0.2) is 12.4 Å². The van der Waals surface area contributed by atoms with Crippen LogP contribution in [0.1, 0.15) is 36.0 Å². The van der Waals surface area contributed by atoms with Crippen molar-refractivity contribution in [3.8, 4) is 5.75 Å². The van der Waals surface area contributed by atoms with Gasteiger partial charge in [0.1, 0.15) is 11.8 Å². The fourth-order valence-electron chi connectivity index (χ4n) is 2.44. The molecule has 0 fully saturated rings. The van der Waals surface area contributed by atoms with E-state index in [9.17, 15) is 24.0 Å². The molecule has 0 saturated carbocycles. The molecule has 1 atom stereocenters. The summed E-state index contributed by atoms with van der Waals surface area (Å²) in [5.41, 5.74) is 5.63. The summed E-state index contributed by atoms with van der Waals surface area (Å²) in [6.07, 6.45) is -0.686. The lowest BCUT2D eigenvalue weighted by atomic mass is 10.0. The predicted molar refractivity (Wildman–Crippen MR) is 92.1 cm³/mol. The third-order valence-corrected chi connectivity index (χ3v) is 3.83. The Kier molecular flexibility index (Phi) is 6.47. The number of ketones is 1. The summed E-state index contributed by atoms with van der Waals surface area (Å²) in [6.45, 7) is -0.0963. The number of hydrogen-bond acceptors (Lipinski definition) is 6. The fraction of sp³-hybridized carbons (Fsp3) is 0.353. The Morgan fingerprint density at radius 1 is 1.22 bits per heavy atom. The third-order valence-electron chi connectivity index (χ3n) is 3.83. The number of fused-ring (bicyclic) bond motifs is 1. The molecule has 1 unspecified atom stereocenters. The first kappa shape index (κ1) is 19.9. The highest BCUT2D eigenvalue weighted by atomic mass is 16.5. The molecule has 3 amide bonds. The van der Waals surface area contributed by atoms with Gasteiger partial charge in [0.2, 0.25) is 11.8 Å². The van der Waals surface area contributed by atoms with Crippen molar-refractivity contribution in [3.05, 3.63) is 23.8 Å². The Morgan fingerprint density at radius 3 is 2.63 bits per heavy atom. The van der Waals surface area contributed by atoms with Gasteiger partial charge in [-0.05, 0) is 24.6 Å². The molecule has 10 heteroatoms. The minimum Gasteiger partial charge on any atom is -0.482 e. The number of carbonyl (C=O) groups is 5. The molecule has 0 saturated heterocycles. The molecule has 0 spiro atoms. The van der Waals surface area contributed by atoms with Gasteiger partial charge in [-0.15, -0.1) is 0 Å². The number of aliphatic carboxylic acids is 1. The Balaban J connectivity index is 1.89. The lowest BCUT2D eigenvalue weighted by Gasteiger charge is -2.18. The van der Waals surface area contributed by atoms with Crippen molar-refractivity contribution in [3.63, 3.8) is 0 Å². The van der Waals surface area contributed by atoms with Crippen LogP contribution in [0, 0.1) is 0 Å². The van der Waals surface area contributed by atoms with Crippen molar-refractivity contribution < 1.29 is 33.8 Å². The van der Waals surface area contributed by atoms with Crippen molar-refractivity contribution in [1.29, 1.82) is 0 Å². The number of anilines is 1. The number of hydrogen-bond donors (Lipinski definition) is 4. The van der Waals surface area contributed by atoms with Crippen molar-refractivity contribution in [1.82, 2.24) is 5.32 Å². The molecule has 0 bridgehead atoms. The lowest BCUT2D eigenvalue weighted by Crippen LogP contribution is -2.41. The number of carboxylic acid groups (broad SMARTS) is 1. The van der Waals surface area contributed by atoms with Gasteiger partial charge >= 0.3 is 5.97 Å². The van der Waals surface area contributed by atoms with Crippen molar-refractivity contribution in [2.75, 3.05) is 11.9 Å². The molecule has 27 heavy (non-hydrogen) atoms. The van der Waals surface area contributed by atoms with Crippen LogP contribution in [0.15, 0.2) is 18.2 Å². The Labute approximate surface area is 154 Å². The molecule has 144 valence electrons. The van der Waals surface area contributed by atoms with E-state index < -0.39 is 23.8 Å². The first-order valence-electron chi connectivity index (χ1n) is 8.16. The highest BCUT2D eigenvalue weighted by molar-refractivity contribution is 6.01. The van der Waals surface area contributed by atoms with E-state index in [2.05, 4.69) is 10.6 Å². The topological polar surface area (TPSA) is 165 Å². The quantitative estimate of drug-likeness (QED) is 0.433. The smallest absolute Gasteiger partial charge is 0.326 e. The highest BCUT2D eigenvalue weighted by Gasteiger charge is 2.22. The summed E-state index contributed by atoms with van der Waals surface area (Å²) < 4.78 is 5.20. The van der Waals surface area contributed by atoms with Gasteiger partial charge in [0.05, 0.1) is 5.69 Å². The number of primary amides is 1. The van der Waals surface area contributed by atoms with E-state index in [1.165, 1.54) is 12.1 Å². The molecule has 5 N–H and O–H groups in total. The molecular weight excluding hydrogens is 358 g/mol. The van der Waals surface area contributed by atoms with Crippen LogP contribution in [-0.2, 0) is 19.2 Å². The number of benzene rings is 1. The zero-order valence-electron chi connectivity index (χ0n) is 14.3. The average Bonchev–Trinajstić information content (AvgIpc) is 2.62. The number of nitrogens with one attached hydrogen (secondary N) is 2. The van der Waals surface area contributed by atoms with Gasteiger partial charge in [-0.1, -0.05) is 0 Å². The maximum Gasteiger partial charge on any atom is 0.326 e. The van der Waals surface area contributed by atoms with E-state index in [-0.39, 0.29) is 49.5 Å². The number of carbonyl (C=O) groups excluding carboxylic acids is 4. The fourth-order valence-corrected chi connectivity index (χ4v) is 2.44. The van der Waals surface area contributed by atoms with Crippen molar-refractivity contribution >= 4 is 35.2 Å². The molecule has 1 aromatic rings. The second-order valence-corrected chi connectivity index (χ2v) is 5.93. The summed E-state index contributed by atoms with van der Waals surface area (Å²) in [7, 11) is 0. The first-order chi connectivity index (χ1) is 12.8. The number of nitrogens with two attached hydrogens (primary N) is 1. The minimum atomic E-state index is -1.29. The van der Waals surface area contributed by atoms with Crippen LogP contribution in [0.4, 0.5) is 5.69 Å². The van der Waals surface area contributed by atoms with Crippen LogP contribution >= 0.6 is 0 Å². The van der Waals surface area contributed by atoms with Gasteiger partial charge in [0, 0.05) is 24.8 Å². The largest absolute Gasteiger partial charge is 0.482 e. The molecule has 10 nitrogen and oxygen atoms in total. The second-order valence-electron chi connectivity index (χ2n) is 5.93. The van der Waals surface area contributed by atoms with Gasteiger partial charge in [-0.3, -0.25) is 19.2 Å². The van der Waals surface area contributed by atoms with Crippen LogP contribution in [0.25, 0.3) is 0 Å². The molecule has 1 aromatic carbocycles. The molecule has 0 radical (unpaired) electrons. The van der Waals surface area contributed by atoms with Gasteiger partial charge < -0.3 is 26.2 Å². The molecular formula is C17H19N3O7. The second kappa shape index (κ2) is 8.79. The van der Waals surface area contributed by atoms with E-state index in [0.29, 0.717) is 11.4 Å². The monoisotopic (exact) mass is 377 g/mol. The summed E-state index contributed by atoms with van der Waals surface area (Å²) in [5.74, 6) is -2.83. The molecule has 0 aliphatic carbocycles. The number of Topliss-reactive ketones (excluding diaryl/α,β-unsaturated/α-hetero) is 1. The molecule has 0 aromatic heterocycles. The highest BCUT2D eigenvalue weighted by Crippen LogP contribution is 2.28. The summed E-state index contributed by atoms with van der Waals surface area (Å²) in [6, 6.07) is 3.27. The van der Waals surface area contributed by atoms with Crippen LogP contribution in [0.5, 0.6) is 5.75 Å². The maximum atomic E-state index is 12.2. The van der Waals surface area contributed by atoms with E-state index in [1.807, 2.05) is 0 Å². The van der Waals surface area contributed by atoms with Crippen LogP contribution < -0.4 is 21.1 Å². The minimum absolute atomic E-state index is 0.0963. The Bertz CT molecular complexity index is 791. The first-order valence-corrected chi connectivity index (χ1v) is 8.16. The zero-order chi connectivity index (χ0) is 20.0. The van der Waals surface area contributed by atoms with Gasteiger partial charge in [0.25, 0.3) is 5.91 Å². The van der Waals surface area contributed by atoms with E-state index in [4.69, 9.17) is 15.6 Å². The molecule has 1 aliphatic heterocycles. The summed E-state index contributed by atoms with van der Waals surface area (Å²) in [4.78, 5) is 57.3. The Morgan fingerprint density at radius 2 is 1.96 bits per heavy atom. The maximum absolute atomic E-state index is 12.2. The normalized spacial score (nSPS) is 13.6. The predicted octanol–water partition coefficient (Wildman–Crippen LogP) is -0.185. The number of amides is 3. The van der Waals surface area contributed by atoms with E-state index in [1.54, 1.807) is 6.07 Å². The standard InChI is InChI=1S/C17H19N3O7/c18-14(22)5-2-10(17(25)26)19-15(23)6-3-12(21)9-1-4-13-11(7-9)20-16(24)8-27-13/h1,4,7,10H,2-3,5-6,8H2,(H2,18,22)(H,19,23)(H,20,24)(H,25,26). The lowest BCUT2D eigenvalue weighted by molar-refractivity contribution is -0.142. The van der Waals surface area contributed by atoms with Crippen LogP contribution in [-0.4, -0.2) is 47.2 Å². The number of carboxylic acids is 1. The Hall–Kier alpha value is -3.43.